The van der Waals surface area contributed by atoms with E-state index in [1.54, 1.807) is 0 Å². The minimum absolute atomic E-state index is 0.799. The number of anilines is 1. The van der Waals surface area contributed by atoms with Crippen molar-refractivity contribution in [2.24, 2.45) is 0 Å². The quantitative estimate of drug-likeness (QED) is 0.724. The van der Waals surface area contributed by atoms with Crippen molar-refractivity contribution in [2.75, 3.05) is 31.2 Å². The first kappa shape index (κ1) is 9.66. The first-order chi connectivity index (χ1) is 7.83. The van der Waals surface area contributed by atoms with E-state index >= 15 is 0 Å². The first-order valence-corrected chi connectivity index (χ1v) is 5.62. The van der Waals surface area contributed by atoms with Crippen LogP contribution in [0, 0.1) is 6.92 Å². The maximum atomic E-state index is 5.34. The van der Waals surface area contributed by atoms with E-state index < -0.39 is 0 Å². The van der Waals surface area contributed by atoms with Crippen LogP contribution in [0.2, 0.25) is 0 Å². The maximum Gasteiger partial charge on any atom is 0.151 e. The molecule has 0 aromatic carbocycles. The number of rotatable bonds is 1. The van der Waals surface area contributed by atoms with Gasteiger partial charge in [0.2, 0.25) is 0 Å². The van der Waals surface area contributed by atoms with Gasteiger partial charge in [-0.25, -0.2) is 4.52 Å². The van der Waals surface area contributed by atoms with Crippen LogP contribution in [-0.2, 0) is 4.74 Å². The molecule has 1 aliphatic heterocycles. The third kappa shape index (κ3) is 1.65. The van der Waals surface area contributed by atoms with Gasteiger partial charge in [-0.05, 0) is 18.6 Å². The molecule has 0 bridgehead atoms. The molecule has 16 heavy (non-hydrogen) atoms. The first-order valence-electron chi connectivity index (χ1n) is 5.62. The van der Waals surface area contributed by atoms with Crippen molar-refractivity contribution in [3.8, 4) is 0 Å². The predicted octanol–water partition coefficient (Wildman–Crippen LogP) is 1.48. The SMILES string of the molecule is Cc1ccc2cc(N3CCOCC3)nn2c1. The van der Waals surface area contributed by atoms with E-state index in [2.05, 4.69) is 41.3 Å². The fraction of sp³-hybridized carbons (Fsp3) is 0.417. The van der Waals surface area contributed by atoms with Crippen molar-refractivity contribution < 1.29 is 4.74 Å². The standard InChI is InChI=1S/C12H15N3O/c1-10-2-3-11-8-12(13-15(11)9-10)14-4-6-16-7-5-14/h2-3,8-9H,4-7H2,1H3. The van der Waals surface area contributed by atoms with Crippen molar-refractivity contribution in [2.45, 2.75) is 6.92 Å². The van der Waals surface area contributed by atoms with Gasteiger partial charge in [-0.2, -0.15) is 5.10 Å². The minimum atomic E-state index is 0.799. The van der Waals surface area contributed by atoms with Gasteiger partial charge in [-0.3, -0.25) is 0 Å². The predicted molar refractivity (Wildman–Crippen MR) is 63.0 cm³/mol. The van der Waals surface area contributed by atoms with Crippen molar-refractivity contribution in [1.82, 2.24) is 9.61 Å². The Kier molecular flexibility index (Phi) is 2.29. The topological polar surface area (TPSA) is 29.8 Å². The van der Waals surface area contributed by atoms with Crippen molar-refractivity contribution in [3.05, 3.63) is 30.0 Å². The lowest BCUT2D eigenvalue weighted by Crippen LogP contribution is -2.36. The minimum Gasteiger partial charge on any atom is -0.378 e. The molecule has 84 valence electrons. The zero-order valence-electron chi connectivity index (χ0n) is 9.39. The molecule has 0 saturated carbocycles. The lowest BCUT2D eigenvalue weighted by atomic mass is 10.3. The summed E-state index contributed by atoms with van der Waals surface area (Å²) in [7, 11) is 0. The molecule has 0 N–H and O–H groups in total. The summed E-state index contributed by atoms with van der Waals surface area (Å²) in [5.74, 6) is 1.05. The van der Waals surface area contributed by atoms with Crippen LogP contribution < -0.4 is 4.90 Å². The molecule has 0 spiro atoms. The van der Waals surface area contributed by atoms with Crippen LogP contribution in [0.3, 0.4) is 0 Å². The Morgan fingerprint density at radius 2 is 2.06 bits per heavy atom. The van der Waals surface area contributed by atoms with Crippen LogP contribution in [0.15, 0.2) is 24.4 Å². The highest BCUT2D eigenvalue weighted by molar-refractivity contribution is 5.57. The van der Waals surface area contributed by atoms with Crippen molar-refractivity contribution in [3.63, 3.8) is 0 Å². The van der Waals surface area contributed by atoms with Gasteiger partial charge in [0, 0.05) is 25.4 Å². The second-order valence-electron chi connectivity index (χ2n) is 4.18. The Morgan fingerprint density at radius 1 is 1.25 bits per heavy atom. The summed E-state index contributed by atoms with van der Waals surface area (Å²) < 4.78 is 7.28. The molecule has 0 unspecified atom stereocenters. The number of ether oxygens (including phenoxy) is 1. The van der Waals surface area contributed by atoms with E-state index in [1.165, 1.54) is 5.56 Å². The number of pyridine rings is 1. The smallest absolute Gasteiger partial charge is 0.151 e. The van der Waals surface area contributed by atoms with Crippen LogP contribution in [0.1, 0.15) is 5.56 Å². The molecule has 0 aliphatic carbocycles. The third-order valence-corrected chi connectivity index (χ3v) is 2.93. The Labute approximate surface area is 94.4 Å². The van der Waals surface area contributed by atoms with Crippen LogP contribution in [0.4, 0.5) is 5.82 Å². The largest absolute Gasteiger partial charge is 0.378 e. The molecular formula is C12H15N3O. The molecule has 0 radical (unpaired) electrons. The van der Waals surface area contributed by atoms with Gasteiger partial charge in [0.05, 0.1) is 18.7 Å². The molecule has 1 aliphatic rings. The average molecular weight is 217 g/mol. The number of aromatic nitrogens is 2. The molecule has 3 rings (SSSR count). The lowest BCUT2D eigenvalue weighted by Gasteiger charge is -2.26. The fourth-order valence-electron chi connectivity index (χ4n) is 2.02. The highest BCUT2D eigenvalue weighted by atomic mass is 16.5. The summed E-state index contributed by atoms with van der Waals surface area (Å²) in [6.45, 7) is 5.54. The summed E-state index contributed by atoms with van der Waals surface area (Å²) in [5, 5.41) is 4.58. The number of morpholine rings is 1. The van der Waals surface area contributed by atoms with Crippen molar-refractivity contribution in [1.29, 1.82) is 0 Å². The molecule has 0 amide bonds. The zero-order chi connectivity index (χ0) is 11.0. The summed E-state index contributed by atoms with van der Waals surface area (Å²) in [4.78, 5) is 2.27. The van der Waals surface area contributed by atoms with Crippen LogP contribution in [-0.4, -0.2) is 35.9 Å². The van der Waals surface area contributed by atoms with Gasteiger partial charge in [0.1, 0.15) is 0 Å². The summed E-state index contributed by atoms with van der Waals surface area (Å²) in [5.41, 5.74) is 2.37. The lowest BCUT2D eigenvalue weighted by molar-refractivity contribution is 0.122. The van der Waals surface area contributed by atoms with Crippen LogP contribution >= 0.6 is 0 Å². The molecule has 1 fully saturated rings. The number of hydrogen-bond acceptors (Lipinski definition) is 3. The van der Waals surface area contributed by atoms with E-state index in [0.29, 0.717) is 0 Å². The number of hydrogen-bond donors (Lipinski definition) is 0. The van der Waals surface area contributed by atoms with E-state index in [4.69, 9.17) is 4.74 Å². The number of fused-ring (bicyclic) bond motifs is 1. The summed E-state index contributed by atoms with van der Waals surface area (Å²) in [6, 6.07) is 6.34. The van der Waals surface area contributed by atoms with Gasteiger partial charge in [0.15, 0.2) is 5.82 Å². The monoisotopic (exact) mass is 217 g/mol. The third-order valence-electron chi connectivity index (χ3n) is 2.93. The summed E-state index contributed by atoms with van der Waals surface area (Å²) in [6.07, 6.45) is 2.05. The van der Waals surface area contributed by atoms with E-state index in [0.717, 1.165) is 37.6 Å². The Bertz CT molecular complexity index is 500. The molecule has 4 heteroatoms. The fourth-order valence-corrected chi connectivity index (χ4v) is 2.02. The zero-order valence-corrected chi connectivity index (χ0v) is 9.39. The molecule has 1 saturated heterocycles. The highest BCUT2D eigenvalue weighted by Gasteiger charge is 2.14. The van der Waals surface area contributed by atoms with Crippen molar-refractivity contribution >= 4 is 11.3 Å². The second kappa shape index (κ2) is 3.79. The van der Waals surface area contributed by atoms with Gasteiger partial charge in [0.25, 0.3) is 0 Å². The Hall–Kier alpha value is -1.55. The number of aryl methyl sites for hydroxylation is 1. The van der Waals surface area contributed by atoms with E-state index in [1.807, 2.05) is 4.52 Å². The van der Waals surface area contributed by atoms with E-state index in [-0.39, 0.29) is 0 Å². The highest BCUT2D eigenvalue weighted by Crippen LogP contribution is 2.17. The average Bonchev–Trinajstić information content (AvgIpc) is 2.73. The molecular weight excluding hydrogens is 202 g/mol. The molecule has 2 aromatic rings. The second-order valence-corrected chi connectivity index (χ2v) is 4.18. The van der Waals surface area contributed by atoms with Gasteiger partial charge < -0.3 is 9.64 Å². The van der Waals surface area contributed by atoms with Gasteiger partial charge in [-0.15, -0.1) is 0 Å². The normalized spacial score (nSPS) is 16.9. The molecule has 0 atom stereocenters. The number of nitrogens with zero attached hydrogens (tertiary/aromatic N) is 3. The maximum absolute atomic E-state index is 5.34. The van der Waals surface area contributed by atoms with Gasteiger partial charge >= 0.3 is 0 Å². The van der Waals surface area contributed by atoms with E-state index in [9.17, 15) is 0 Å². The summed E-state index contributed by atoms with van der Waals surface area (Å²) >= 11 is 0. The molecule has 4 nitrogen and oxygen atoms in total. The van der Waals surface area contributed by atoms with Crippen LogP contribution in [0.25, 0.3) is 5.52 Å². The Balaban J connectivity index is 1.97. The molecule has 3 heterocycles. The molecule has 2 aromatic heterocycles. The van der Waals surface area contributed by atoms with Crippen LogP contribution in [0.5, 0.6) is 0 Å². The Morgan fingerprint density at radius 3 is 2.88 bits per heavy atom. The van der Waals surface area contributed by atoms with Gasteiger partial charge in [-0.1, -0.05) is 6.07 Å².